The highest BCUT2D eigenvalue weighted by molar-refractivity contribution is 6.42. The molecule has 1 saturated heterocycles. The molecule has 0 spiro atoms. The molecule has 1 aromatic rings. The van der Waals surface area contributed by atoms with Crippen LogP contribution < -0.4 is 0 Å². The largest absolute Gasteiger partial charge is 0.299 e. The summed E-state index contributed by atoms with van der Waals surface area (Å²) in [5.41, 5.74) is 0.715. The van der Waals surface area contributed by atoms with E-state index < -0.39 is 0 Å². The Morgan fingerprint density at radius 2 is 1.95 bits per heavy atom. The Balaban J connectivity index is 2.03. The zero-order chi connectivity index (χ0) is 14.9. The lowest BCUT2D eigenvalue weighted by molar-refractivity contribution is 0.0390. The van der Waals surface area contributed by atoms with E-state index in [0.29, 0.717) is 22.2 Å². The van der Waals surface area contributed by atoms with Crippen molar-refractivity contribution in [3.63, 3.8) is 0 Å². The first kappa shape index (κ1) is 15.8. The molecule has 2 rings (SSSR count). The topological polar surface area (TPSA) is 23.6 Å². The molecule has 0 N–H and O–H groups in total. The number of ketones is 1. The van der Waals surface area contributed by atoms with Crippen LogP contribution in [0.1, 0.15) is 24.2 Å². The van der Waals surface area contributed by atoms with E-state index in [1.54, 1.807) is 18.2 Å². The van der Waals surface area contributed by atoms with Gasteiger partial charge in [0.25, 0.3) is 0 Å². The molecule has 1 heterocycles. The zero-order valence-corrected chi connectivity index (χ0v) is 13.6. The number of piperazine rings is 1. The van der Waals surface area contributed by atoms with Gasteiger partial charge in [0.2, 0.25) is 0 Å². The Hall–Kier alpha value is -0.610. The molecule has 0 saturated carbocycles. The smallest absolute Gasteiger partial charge is 0.176 e. The highest BCUT2D eigenvalue weighted by Crippen LogP contribution is 2.23. The second kappa shape index (κ2) is 6.02. The standard InChI is InChI=1S/C15H20Cl2N2O/c1-15(2)10-19(7-6-18(15)3)9-14(20)11-4-5-12(16)13(17)8-11/h4-5,8H,6-7,9-10H2,1-3H3. The van der Waals surface area contributed by atoms with Crippen LogP contribution in [-0.2, 0) is 0 Å². The van der Waals surface area contributed by atoms with Crippen LogP contribution in [0.2, 0.25) is 10.0 Å². The van der Waals surface area contributed by atoms with Crippen LogP contribution in [0, 0.1) is 0 Å². The molecule has 0 aromatic heterocycles. The van der Waals surface area contributed by atoms with Crippen molar-refractivity contribution in [3.8, 4) is 0 Å². The summed E-state index contributed by atoms with van der Waals surface area (Å²) in [4.78, 5) is 16.8. The summed E-state index contributed by atoms with van der Waals surface area (Å²) >= 11 is 11.8. The van der Waals surface area contributed by atoms with E-state index in [2.05, 4.69) is 30.7 Å². The number of halogens is 2. The molecular weight excluding hydrogens is 295 g/mol. The van der Waals surface area contributed by atoms with Gasteiger partial charge in [-0.2, -0.15) is 0 Å². The second-order valence-corrected chi connectivity index (χ2v) is 6.81. The molecular formula is C15H20Cl2N2O. The molecule has 1 fully saturated rings. The minimum absolute atomic E-state index is 0.0870. The first-order chi connectivity index (χ1) is 9.29. The number of nitrogens with zero attached hydrogens (tertiary/aromatic N) is 2. The normalized spacial score (nSPS) is 20.1. The molecule has 0 bridgehead atoms. The Morgan fingerprint density at radius 1 is 1.25 bits per heavy atom. The van der Waals surface area contributed by atoms with Gasteiger partial charge in [0.1, 0.15) is 0 Å². The Labute approximate surface area is 130 Å². The van der Waals surface area contributed by atoms with Crippen LogP contribution in [0.4, 0.5) is 0 Å². The lowest BCUT2D eigenvalue weighted by atomic mass is 9.99. The molecule has 110 valence electrons. The molecule has 0 aliphatic carbocycles. The van der Waals surface area contributed by atoms with Crippen molar-refractivity contribution in [2.75, 3.05) is 33.2 Å². The molecule has 0 atom stereocenters. The Bertz CT molecular complexity index is 517. The average molecular weight is 315 g/mol. The molecule has 1 aliphatic rings. The van der Waals surface area contributed by atoms with E-state index in [1.165, 1.54) is 0 Å². The summed E-state index contributed by atoms with van der Waals surface area (Å²) in [6.45, 7) is 7.59. The van der Waals surface area contributed by atoms with Crippen molar-refractivity contribution >= 4 is 29.0 Å². The number of benzene rings is 1. The van der Waals surface area contributed by atoms with Crippen molar-refractivity contribution in [2.24, 2.45) is 0 Å². The highest BCUT2D eigenvalue weighted by Gasteiger charge is 2.31. The maximum absolute atomic E-state index is 12.3. The van der Waals surface area contributed by atoms with Gasteiger partial charge in [-0.25, -0.2) is 0 Å². The first-order valence-corrected chi connectivity index (χ1v) is 7.47. The third kappa shape index (κ3) is 3.53. The minimum atomic E-state index is 0.0870. The maximum Gasteiger partial charge on any atom is 0.176 e. The Morgan fingerprint density at radius 3 is 2.55 bits per heavy atom. The number of hydrogen-bond acceptors (Lipinski definition) is 3. The lowest BCUT2D eigenvalue weighted by Gasteiger charge is -2.45. The summed E-state index contributed by atoms with van der Waals surface area (Å²) in [5.74, 6) is 0.0870. The van der Waals surface area contributed by atoms with E-state index in [-0.39, 0.29) is 11.3 Å². The molecule has 1 aliphatic heterocycles. The molecule has 0 unspecified atom stereocenters. The van der Waals surface area contributed by atoms with Crippen molar-refractivity contribution in [2.45, 2.75) is 19.4 Å². The van der Waals surface area contributed by atoms with Crippen molar-refractivity contribution in [1.82, 2.24) is 9.80 Å². The summed E-state index contributed by atoms with van der Waals surface area (Å²) in [6.07, 6.45) is 0. The van der Waals surface area contributed by atoms with Gasteiger partial charge < -0.3 is 0 Å². The summed E-state index contributed by atoms with van der Waals surface area (Å²) in [5, 5.41) is 0.903. The molecule has 5 heteroatoms. The van der Waals surface area contributed by atoms with Crippen LogP contribution in [0.25, 0.3) is 0 Å². The van der Waals surface area contributed by atoms with E-state index in [0.717, 1.165) is 19.6 Å². The second-order valence-electron chi connectivity index (χ2n) is 6.00. The van der Waals surface area contributed by atoms with Gasteiger partial charge in [-0.15, -0.1) is 0 Å². The minimum Gasteiger partial charge on any atom is -0.299 e. The van der Waals surface area contributed by atoms with E-state index >= 15 is 0 Å². The summed E-state index contributed by atoms with van der Waals surface area (Å²) < 4.78 is 0. The molecule has 20 heavy (non-hydrogen) atoms. The lowest BCUT2D eigenvalue weighted by Crippen LogP contribution is -2.58. The van der Waals surface area contributed by atoms with Crippen molar-refractivity contribution in [1.29, 1.82) is 0 Å². The fourth-order valence-corrected chi connectivity index (χ4v) is 2.74. The molecule has 3 nitrogen and oxygen atoms in total. The van der Waals surface area contributed by atoms with Gasteiger partial charge in [-0.05, 0) is 39.1 Å². The molecule has 0 amide bonds. The fraction of sp³-hybridized carbons (Fsp3) is 0.533. The number of rotatable bonds is 3. The monoisotopic (exact) mass is 314 g/mol. The zero-order valence-electron chi connectivity index (χ0n) is 12.1. The third-order valence-electron chi connectivity index (χ3n) is 4.00. The highest BCUT2D eigenvalue weighted by atomic mass is 35.5. The van der Waals surface area contributed by atoms with Gasteiger partial charge in [0.15, 0.2) is 5.78 Å². The predicted molar refractivity (Wildman–Crippen MR) is 83.9 cm³/mol. The Kier molecular flexibility index (Phi) is 4.75. The third-order valence-corrected chi connectivity index (χ3v) is 4.74. The molecule has 0 radical (unpaired) electrons. The van der Waals surface area contributed by atoms with Gasteiger partial charge in [0.05, 0.1) is 16.6 Å². The SMILES string of the molecule is CN1CCN(CC(=O)c2ccc(Cl)c(Cl)c2)CC1(C)C. The van der Waals surface area contributed by atoms with Gasteiger partial charge in [-0.3, -0.25) is 14.6 Å². The molecule has 1 aromatic carbocycles. The fourth-order valence-electron chi connectivity index (χ4n) is 2.44. The van der Waals surface area contributed by atoms with Crippen LogP contribution in [0.5, 0.6) is 0 Å². The van der Waals surface area contributed by atoms with Crippen LogP contribution in [0.3, 0.4) is 0 Å². The number of carbonyl (C=O) groups excluding carboxylic acids is 1. The van der Waals surface area contributed by atoms with Crippen LogP contribution in [0.15, 0.2) is 18.2 Å². The summed E-state index contributed by atoms with van der Waals surface area (Å²) in [7, 11) is 2.12. The number of carbonyl (C=O) groups is 1. The van der Waals surface area contributed by atoms with Gasteiger partial charge >= 0.3 is 0 Å². The summed E-state index contributed by atoms with van der Waals surface area (Å²) in [6, 6.07) is 5.05. The number of hydrogen-bond donors (Lipinski definition) is 0. The quantitative estimate of drug-likeness (QED) is 0.800. The maximum atomic E-state index is 12.3. The van der Waals surface area contributed by atoms with E-state index in [9.17, 15) is 4.79 Å². The predicted octanol–water partition coefficient (Wildman–Crippen LogP) is 3.20. The first-order valence-electron chi connectivity index (χ1n) is 6.71. The number of likely N-dealkylation sites (N-methyl/N-ethyl adjacent to an activating group) is 1. The van der Waals surface area contributed by atoms with E-state index in [4.69, 9.17) is 23.2 Å². The number of Topliss-reactive ketones (excluding diaryl/α,β-unsaturated/α-hetero) is 1. The van der Waals surface area contributed by atoms with Crippen LogP contribution in [-0.4, -0.2) is 54.3 Å². The van der Waals surface area contributed by atoms with Gasteiger partial charge in [-0.1, -0.05) is 23.2 Å². The van der Waals surface area contributed by atoms with Crippen molar-refractivity contribution < 1.29 is 4.79 Å². The average Bonchev–Trinajstić information content (AvgIpc) is 2.36. The van der Waals surface area contributed by atoms with Crippen LogP contribution >= 0.6 is 23.2 Å². The van der Waals surface area contributed by atoms with Gasteiger partial charge in [0, 0.05) is 30.7 Å². The van der Waals surface area contributed by atoms with E-state index in [1.807, 2.05) is 0 Å². The van der Waals surface area contributed by atoms with Crippen molar-refractivity contribution in [3.05, 3.63) is 33.8 Å².